The molecule has 0 atom stereocenters. The number of carbonyl (C=O) groups excluding carboxylic acids is 1. The first-order valence-electron chi connectivity index (χ1n) is 7.00. The van der Waals surface area contributed by atoms with Crippen LogP contribution in [-0.2, 0) is 6.42 Å². The van der Waals surface area contributed by atoms with Gasteiger partial charge in [-0.1, -0.05) is 31.2 Å². The maximum absolute atomic E-state index is 12.2. The zero-order chi connectivity index (χ0) is 15.4. The molecule has 6 nitrogen and oxygen atoms in total. The number of rotatable bonds is 4. The molecule has 0 fully saturated rings. The van der Waals surface area contributed by atoms with Crippen molar-refractivity contribution in [3.63, 3.8) is 0 Å². The lowest BCUT2D eigenvalue weighted by atomic mass is 10.1. The number of benzene rings is 2. The Hall–Kier alpha value is -3.02. The summed E-state index contributed by atoms with van der Waals surface area (Å²) < 4.78 is 0. The normalized spacial score (nSPS) is 10.4. The Labute approximate surface area is 127 Å². The summed E-state index contributed by atoms with van der Waals surface area (Å²) in [5, 5.41) is 16.6. The van der Waals surface area contributed by atoms with Gasteiger partial charge in [-0.2, -0.15) is 5.21 Å². The molecule has 1 aromatic heterocycles. The molecule has 22 heavy (non-hydrogen) atoms. The molecule has 0 aliphatic carbocycles. The van der Waals surface area contributed by atoms with Crippen molar-refractivity contribution in [1.82, 2.24) is 20.6 Å². The molecular formula is C16H15N5O. The van der Waals surface area contributed by atoms with Crippen LogP contribution in [0.1, 0.15) is 22.8 Å². The summed E-state index contributed by atoms with van der Waals surface area (Å²) in [7, 11) is 0. The van der Waals surface area contributed by atoms with Gasteiger partial charge in [0.1, 0.15) is 0 Å². The van der Waals surface area contributed by atoms with E-state index in [1.165, 1.54) is 5.56 Å². The van der Waals surface area contributed by atoms with Crippen LogP contribution in [0.4, 0.5) is 5.69 Å². The number of amides is 1. The first-order chi connectivity index (χ1) is 10.8. The van der Waals surface area contributed by atoms with Crippen molar-refractivity contribution in [2.75, 3.05) is 5.32 Å². The first kappa shape index (κ1) is 13.9. The minimum Gasteiger partial charge on any atom is -0.322 e. The molecule has 2 N–H and O–H groups in total. The average molecular weight is 293 g/mol. The smallest absolute Gasteiger partial charge is 0.255 e. The standard InChI is InChI=1S/C16H15N5O/c1-2-11-3-9-14(10-4-11)17-16(22)13-7-5-12(6-8-13)15-18-20-21-19-15/h3-10H,2H2,1H3,(H,17,22)(H,18,19,20,21). The number of aromatic nitrogens is 4. The van der Waals surface area contributed by atoms with Crippen LogP contribution >= 0.6 is 0 Å². The van der Waals surface area contributed by atoms with Crippen LogP contribution in [0.15, 0.2) is 48.5 Å². The van der Waals surface area contributed by atoms with Crippen LogP contribution in [-0.4, -0.2) is 26.5 Å². The molecule has 0 spiro atoms. The minimum absolute atomic E-state index is 0.149. The Morgan fingerprint density at radius 3 is 2.41 bits per heavy atom. The van der Waals surface area contributed by atoms with Crippen LogP contribution in [0.3, 0.4) is 0 Å². The summed E-state index contributed by atoms with van der Waals surface area (Å²) in [5.74, 6) is 0.353. The molecule has 2 aromatic carbocycles. The Bertz CT molecular complexity index is 748. The van der Waals surface area contributed by atoms with Gasteiger partial charge >= 0.3 is 0 Å². The molecule has 3 rings (SSSR count). The number of tetrazole rings is 1. The summed E-state index contributed by atoms with van der Waals surface area (Å²) in [6.07, 6.45) is 0.978. The molecule has 0 saturated carbocycles. The van der Waals surface area contributed by atoms with Crippen molar-refractivity contribution in [3.8, 4) is 11.4 Å². The van der Waals surface area contributed by atoms with Crippen LogP contribution in [0.25, 0.3) is 11.4 Å². The molecule has 1 heterocycles. The molecule has 0 saturated heterocycles. The van der Waals surface area contributed by atoms with Crippen molar-refractivity contribution in [2.24, 2.45) is 0 Å². The Morgan fingerprint density at radius 1 is 1.09 bits per heavy atom. The predicted molar refractivity (Wildman–Crippen MR) is 83.4 cm³/mol. The second-order valence-corrected chi connectivity index (χ2v) is 4.82. The van der Waals surface area contributed by atoms with E-state index in [1.54, 1.807) is 24.3 Å². The number of aromatic amines is 1. The molecule has 110 valence electrons. The lowest BCUT2D eigenvalue weighted by Gasteiger charge is -2.06. The highest BCUT2D eigenvalue weighted by Gasteiger charge is 2.08. The molecule has 0 aliphatic heterocycles. The molecule has 6 heteroatoms. The third kappa shape index (κ3) is 3.01. The lowest BCUT2D eigenvalue weighted by molar-refractivity contribution is 0.102. The van der Waals surface area contributed by atoms with Gasteiger partial charge in [0.05, 0.1) is 0 Å². The third-order valence-electron chi connectivity index (χ3n) is 3.37. The number of hydrogen-bond acceptors (Lipinski definition) is 4. The largest absolute Gasteiger partial charge is 0.322 e. The highest BCUT2D eigenvalue weighted by molar-refractivity contribution is 6.04. The van der Waals surface area contributed by atoms with Gasteiger partial charge in [-0.05, 0) is 41.5 Å². The highest BCUT2D eigenvalue weighted by Crippen LogP contribution is 2.16. The Morgan fingerprint density at radius 2 is 1.82 bits per heavy atom. The average Bonchev–Trinajstić information content (AvgIpc) is 3.10. The van der Waals surface area contributed by atoms with E-state index in [0.29, 0.717) is 11.4 Å². The van der Waals surface area contributed by atoms with Crippen molar-refractivity contribution in [3.05, 3.63) is 59.7 Å². The zero-order valence-electron chi connectivity index (χ0n) is 12.1. The number of carbonyl (C=O) groups is 1. The van der Waals surface area contributed by atoms with Gasteiger partial charge in [0, 0.05) is 16.8 Å². The second-order valence-electron chi connectivity index (χ2n) is 4.82. The quantitative estimate of drug-likeness (QED) is 0.774. The van der Waals surface area contributed by atoms with Gasteiger partial charge in [0.2, 0.25) is 5.82 Å². The van der Waals surface area contributed by atoms with Crippen LogP contribution in [0.5, 0.6) is 0 Å². The van der Waals surface area contributed by atoms with Crippen molar-refractivity contribution in [1.29, 1.82) is 0 Å². The van der Waals surface area contributed by atoms with Crippen LogP contribution in [0, 0.1) is 0 Å². The minimum atomic E-state index is -0.149. The van der Waals surface area contributed by atoms with E-state index in [9.17, 15) is 4.79 Å². The maximum atomic E-state index is 12.2. The fourth-order valence-corrected chi connectivity index (χ4v) is 2.08. The predicted octanol–water partition coefficient (Wildman–Crippen LogP) is 2.68. The van der Waals surface area contributed by atoms with E-state index in [-0.39, 0.29) is 5.91 Å². The van der Waals surface area contributed by atoms with Gasteiger partial charge in [0.25, 0.3) is 5.91 Å². The van der Waals surface area contributed by atoms with Gasteiger partial charge in [-0.15, -0.1) is 10.2 Å². The van der Waals surface area contributed by atoms with E-state index in [0.717, 1.165) is 17.7 Å². The molecular weight excluding hydrogens is 278 g/mol. The van der Waals surface area contributed by atoms with E-state index in [2.05, 4.69) is 32.9 Å². The van der Waals surface area contributed by atoms with Gasteiger partial charge < -0.3 is 5.32 Å². The van der Waals surface area contributed by atoms with Crippen LogP contribution < -0.4 is 5.32 Å². The van der Waals surface area contributed by atoms with Gasteiger partial charge in [-0.3, -0.25) is 4.79 Å². The van der Waals surface area contributed by atoms with Crippen molar-refractivity contribution in [2.45, 2.75) is 13.3 Å². The number of nitrogens with zero attached hydrogens (tertiary/aromatic N) is 3. The zero-order valence-corrected chi connectivity index (χ0v) is 12.1. The van der Waals surface area contributed by atoms with Crippen molar-refractivity contribution >= 4 is 11.6 Å². The molecule has 0 aliphatic rings. The van der Waals surface area contributed by atoms with E-state index < -0.39 is 0 Å². The maximum Gasteiger partial charge on any atom is 0.255 e. The molecule has 3 aromatic rings. The third-order valence-corrected chi connectivity index (χ3v) is 3.37. The summed E-state index contributed by atoms with van der Waals surface area (Å²) in [5.41, 5.74) is 3.40. The number of H-pyrrole nitrogens is 1. The molecule has 0 bridgehead atoms. The lowest BCUT2D eigenvalue weighted by Crippen LogP contribution is -2.11. The SMILES string of the molecule is CCc1ccc(NC(=O)c2ccc(-c3nn[nH]n3)cc2)cc1. The monoisotopic (exact) mass is 293 g/mol. The molecule has 0 radical (unpaired) electrons. The fourth-order valence-electron chi connectivity index (χ4n) is 2.08. The van der Waals surface area contributed by atoms with Gasteiger partial charge in [0.15, 0.2) is 0 Å². The van der Waals surface area contributed by atoms with E-state index >= 15 is 0 Å². The van der Waals surface area contributed by atoms with E-state index in [1.807, 2.05) is 24.3 Å². The van der Waals surface area contributed by atoms with E-state index in [4.69, 9.17) is 0 Å². The highest BCUT2D eigenvalue weighted by atomic mass is 16.1. The number of hydrogen-bond donors (Lipinski definition) is 2. The number of aryl methyl sites for hydroxylation is 1. The summed E-state index contributed by atoms with van der Waals surface area (Å²) in [6, 6.07) is 14.9. The summed E-state index contributed by atoms with van der Waals surface area (Å²) in [6.45, 7) is 2.10. The first-order valence-corrected chi connectivity index (χ1v) is 7.00. The second kappa shape index (κ2) is 6.17. The Balaban J connectivity index is 1.71. The Kier molecular flexibility index (Phi) is 3.91. The van der Waals surface area contributed by atoms with Crippen molar-refractivity contribution < 1.29 is 4.79 Å². The topological polar surface area (TPSA) is 83.6 Å². The van der Waals surface area contributed by atoms with Crippen LogP contribution in [0.2, 0.25) is 0 Å². The number of nitrogens with one attached hydrogen (secondary N) is 2. The summed E-state index contributed by atoms with van der Waals surface area (Å²) >= 11 is 0. The summed E-state index contributed by atoms with van der Waals surface area (Å²) in [4.78, 5) is 12.2. The molecule has 0 unspecified atom stereocenters. The molecule has 1 amide bonds. The number of anilines is 1. The van der Waals surface area contributed by atoms with Gasteiger partial charge in [-0.25, -0.2) is 0 Å². The fraction of sp³-hybridized carbons (Fsp3) is 0.125.